The van der Waals surface area contributed by atoms with Crippen LogP contribution in [0, 0.1) is 23.7 Å². The van der Waals surface area contributed by atoms with Crippen molar-refractivity contribution >= 4 is 22.0 Å². The van der Waals surface area contributed by atoms with Gasteiger partial charge in [0, 0.05) is 6.54 Å². The van der Waals surface area contributed by atoms with Crippen molar-refractivity contribution in [2.45, 2.75) is 6.92 Å². The maximum Gasteiger partial charge on any atom is 0.111 e. The summed E-state index contributed by atoms with van der Waals surface area (Å²) in [4.78, 5) is 0.618. The number of nitrogens with zero attached hydrogens (tertiary/aromatic N) is 1. The molecule has 0 spiro atoms. The number of nitrogens with two attached hydrogens (primary N) is 1. The Kier molecular flexibility index (Phi) is 2.79. The van der Waals surface area contributed by atoms with Crippen molar-refractivity contribution in [3.8, 4) is 18.4 Å². The average Bonchev–Trinajstić information content (AvgIpc) is 2.43. The molecule has 0 saturated carbocycles. The van der Waals surface area contributed by atoms with Gasteiger partial charge in [0.05, 0.1) is 5.69 Å². The Labute approximate surface area is 81.2 Å². The molecule has 1 rings (SSSR count). The van der Waals surface area contributed by atoms with E-state index in [1.54, 1.807) is 0 Å². The number of terminal acetylenes is 1. The SMILES string of the molecule is C#Cc1sc(NCC)c(C#N)c1N. The van der Waals surface area contributed by atoms with Crippen molar-refractivity contribution in [1.82, 2.24) is 0 Å². The fourth-order valence-electron chi connectivity index (χ4n) is 0.947. The van der Waals surface area contributed by atoms with Crippen molar-refractivity contribution < 1.29 is 0 Å². The summed E-state index contributed by atoms with van der Waals surface area (Å²) in [5.41, 5.74) is 6.53. The van der Waals surface area contributed by atoms with Crippen LogP contribution in [0.4, 0.5) is 10.7 Å². The molecule has 0 amide bonds. The van der Waals surface area contributed by atoms with Crippen molar-refractivity contribution in [3.05, 3.63) is 10.4 Å². The van der Waals surface area contributed by atoms with E-state index >= 15 is 0 Å². The summed E-state index contributed by atoms with van der Waals surface area (Å²) >= 11 is 1.34. The highest BCUT2D eigenvalue weighted by Crippen LogP contribution is 2.34. The highest BCUT2D eigenvalue weighted by atomic mass is 32.1. The Hall–Kier alpha value is -1.65. The van der Waals surface area contributed by atoms with Crippen molar-refractivity contribution in [2.24, 2.45) is 0 Å². The van der Waals surface area contributed by atoms with Gasteiger partial charge in [-0.25, -0.2) is 0 Å². The Bertz CT molecular complexity index is 392. The van der Waals surface area contributed by atoms with Gasteiger partial charge in [-0.05, 0) is 6.92 Å². The minimum Gasteiger partial charge on any atom is -0.396 e. The topological polar surface area (TPSA) is 61.8 Å². The van der Waals surface area contributed by atoms with E-state index in [2.05, 4.69) is 11.2 Å². The maximum atomic E-state index is 8.80. The molecule has 13 heavy (non-hydrogen) atoms. The number of nitrogens with one attached hydrogen (secondary N) is 1. The van der Waals surface area contributed by atoms with Crippen LogP contribution in [0.25, 0.3) is 0 Å². The summed E-state index contributed by atoms with van der Waals surface area (Å²) in [6.07, 6.45) is 5.23. The fourth-order valence-corrected chi connectivity index (χ4v) is 1.90. The normalized spacial score (nSPS) is 8.85. The average molecular weight is 191 g/mol. The minimum atomic E-state index is 0.408. The van der Waals surface area contributed by atoms with Gasteiger partial charge >= 0.3 is 0 Å². The molecule has 1 heterocycles. The quantitative estimate of drug-likeness (QED) is 0.698. The maximum absolute atomic E-state index is 8.80. The number of hydrogen-bond donors (Lipinski definition) is 2. The Morgan fingerprint density at radius 1 is 1.69 bits per heavy atom. The molecule has 0 atom stereocenters. The summed E-state index contributed by atoms with van der Waals surface area (Å²) in [5.74, 6) is 2.45. The van der Waals surface area contributed by atoms with Gasteiger partial charge in [0.2, 0.25) is 0 Å². The second kappa shape index (κ2) is 3.84. The Morgan fingerprint density at radius 2 is 2.38 bits per heavy atom. The first-order valence-corrected chi connectivity index (χ1v) is 4.59. The largest absolute Gasteiger partial charge is 0.396 e. The summed E-state index contributed by atoms with van der Waals surface area (Å²) < 4.78 is 0. The number of nitriles is 1. The first-order valence-electron chi connectivity index (χ1n) is 3.77. The number of rotatable bonds is 2. The van der Waals surface area contributed by atoms with Crippen LogP contribution in [-0.2, 0) is 0 Å². The van der Waals surface area contributed by atoms with Crippen LogP contribution >= 0.6 is 11.3 Å². The summed E-state index contributed by atoms with van der Waals surface area (Å²) in [6, 6.07) is 2.03. The molecule has 3 N–H and O–H groups in total. The zero-order chi connectivity index (χ0) is 9.84. The first-order chi connectivity index (χ1) is 6.24. The first kappa shape index (κ1) is 9.44. The molecule has 0 saturated heterocycles. The molecule has 1 aromatic heterocycles. The molecule has 3 nitrogen and oxygen atoms in total. The van der Waals surface area contributed by atoms with Crippen LogP contribution in [0.2, 0.25) is 0 Å². The number of hydrogen-bond acceptors (Lipinski definition) is 4. The van der Waals surface area contributed by atoms with Crippen molar-refractivity contribution in [3.63, 3.8) is 0 Å². The molecule has 0 unspecified atom stereocenters. The second-order valence-electron chi connectivity index (χ2n) is 2.34. The van der Waals surface area contributed by atoms with E-state index in [0.717, 1.165) is 11.5 Å². The van der Waals surface area contributed by atoms with Gasteiger partial charge in [-0.1, -0.05) is 5.92 Å². The Morgan fingerprint density at radius 3 is 2.85 bits per heavy atom. The molecule has 0 aliphatic rings. The lowest BCUT2D eigenvalue weighted by molar-refractivity contribution is 1.22. The zero-order valence-electron chi connectivity index (χ0n) is 7.22. The van der Waals surface area contributed by atoms with Crippen LogP contribution in [0.5, 0.6) is 0 Å². The van der Waals surface area contributed by atoms with Crippen LogP contribution in [0.1, 0.15) is 17.4 Å². The van der Waals surface area contributed by atoms with Crippen LogP contribution in [0.3, 0.4) is 0 Å². The monoisotopic (exact) mass is 191 g/mol. The molecule has 0 bridgehead atoms. The molecular weight excluding hydrogens is 182 g/mol. The lowest BCUT2D eigenvalue weighted by atomic mass is 10.2. The fraction of sp³-hybridized carbons (Fsp3) is 0.222. The molecule has 1 aromatic rings. The van der Waals surface area contributed by atoms with Gasteiger partial charge in [-0.15, -0.1) is 17.8 Å². The third-order valence-electron chi connectivity index (χ3n) is 1.53. The highest BCUT2D eigenvalue weighted by Gasteiger charge is 2.13. The van der Waals surface area contributed by atoms with Crippen LogP contribution in [-0.4, -0.2) is 6.54 Å². The molecule has 0 radical (unpaired) electrons. The lowest BCUT2D eigenvalue weighted by Gasteiger charge is -1.97. The van der Waals surface area contributed by atoms with Gasteiger partial charge in [0.1, 0.15) is 21.5 Å². The third-order valence-corrected chi connectivity index (χ3v) is 2.62. The minimum absolute atomic E-state index is 0.408. The number of thiophene rings is 1. The van der Waals surface area contributed by atoms with E-state index in [0.29, 0.717) is 16.1 Å². The summed E-state index contributed by atoms with van der Waals surface area (Å²) in [7, 11) is 0. The summed E-state index contributed by atoms with van der Waals surface area (Å²) in [6.45, 7) is 2.70. The molecule has 0 aromatic carbocycles. The van der Waals surface area contributed by atoms with E-state index in [1.807, 2.05) is 13.0 Å². The standard InChI is InChI=1S/C9H9N3S/c1-3-7-8(11)6(5-10)9(13-7)12-4-2/h1,12H,4,11H2,2H3. The van der Waals surface area contributed by atoms with Gasteiger partial charge < -0.3 is 11.1 Å². The van der Waals surface area contributed by atoms with E-state index in [1.165, 1.54) is 11.3 Å². The van der Waals surface area contributed by atoms with E-state index in [-0.39, 0.29) is 0 Å². The van der Waals surface area contributed by atoms with Crippen molar-refractivity contribution in [1.29, 1.82) is 5.26 Å². The van der Waals surface area contributed by atoms with Crippen LogP contribution in [0.15, 0.2) is 0 Å². The Balaban J connectivity index is 3.23. The molecular formula is C9H9N3S. The predicted molar refractivity (Wildman–Crippen MR) is 55.5 cm³/mol. The van der Waals surface area contributed by atoms with Gasteiger partial charge in [0.15, 0.2) is 0 Å². The van der Waals surface area contributed by atoms with Gasteiger partial charge in [-0.3, -0.25) is 0 Å². The van der Waals surface area contributed by atoms with Crippen LogP contribution < -0.4 is 11.1 Å². The van der Waals surface area contributed by atoms with E-state index in [4.69, 9.17) is 17.4 Å². The number of nitrogen functional groups attached to an aromatic ring is 1. The van der Waals surface area contributed by atoms with E-state index in [9.17, 15) is 0 Å². The number of anilines is 2. The smallest absolute Gasteiger partial charge is 0.111 e. The van der Waals surface area contributed by atoms with Gasteiger partial charge in [0.25, 0.3) is 0 Å². The lowest BCUT2D eigenvalue weighted by Crippen LogP contribution is -1.96. The molecule has 66 valence electrons. The second-order valence-corrected chi connectivity index (χ2v) is 3.36. The predicted octanol–water partition coefficient (Wildman–Crippen LogP) is 1.62. The zero-order valence-corrected chi connectivity index (χ0v) is 8.03. The molecule has 0 fully saturated rings. The van der Waals surface area contributed by atoms with Gasteiger partial charge in [-0.2, -0.15) is 5.26 Å². The molecule has 0 aliphatic carbocycles. The third kappa shape index (κ3) is 1.58. The van der Waals surface area contributed by atoms with E-state index < -0.39 is 0 Å². The molecule has 0 aliphatic heterocycles. The highest BCUT2D eigenvalue weighted by molar-refractivity contribution is 7.17. The van der Waals surface area contributed by atoms with Crippen molar-refractivity contribution in [2.75, 3.05) is 17.6 Å². The summed E-state index contributed by atoms with van der Waals surface area (Å²) in [5, 5.41) is 12.6. The molecule has 4 heteroatoms.